The molecule has 118 valence electrons. The predicted molar refractivity (Wildman–Crippen MR) is 83.5 cm³/mol. The molecule has 3 heteroatoms. The van der Waals surface area contributed by atoms with Crippen LogP contribution in [0.1, 0.15) is 64.7 Å². The molecule has 3 nitrogen and oxygen atoms in total. The number of carbonyl (C=O) groups is 1. The molecule has 1 aliphatic heterocycles. The van der Waals surface area contributed by atoms with Gasteiger partial charge in [-0.15, -0.1) is 0 Å². The number of hydrogen-bond donors (Lipinski definition) is 0. The van der Waals surface area contributed by atoms with Crippen molar-refractivity contribution in [3.8, 4) is 0 Å². The molecule has 0 N–H and O–H groups in total. The van der Waals surface area contributed by atoms with Gasteiger partial charge in [-0.1, -0.05) is 50.5 Å². The summed E-state index contributed by atoms with van der Waals surface area (Å²) >= 11 is 0. The van der Waals surface area contributed by atoms with Crippen LogP contribution in [0.5, 0.6) is 0 Å². The van der Waals surface area contributed by atoms with E-state index in [1.807, 2.05) is 0 Å². The summed E-state index contributed by atoms with van der Waals surface area (Å²) in [4.78, 5) is 10.2. The third-order valence-electron chi connectivity index (χ3n) is 3.46. The van der Waals surface area contributed by atoms with E-state index in [-0.39, 0.29) is 6.42 Å². The average molecular weight is 291 g/mol. The Hall–Kier alpha value is -1.51. The molecule has 1 saturated heterocycles. The highest BCUT2D eigenvalue weighted by Crippen LogP contribution is 2.31. The summed E-state index contributed by atoms with van der Waals surface area (Å²) in [5.74, 6) is 0.164. The highest BCUT2D eigenvalue weighted by Gasteiger charge is 2.30. The number of ether oxygens (including phenoxy) is 1. The Morgan fingerprint density at radius 1 is 1.14 bits per heavy atom. The summed E-state index contributed by atoms with van der Waals surface area (Å²) in [6, 6.07) is 0. The number of rotatable bonds is 12. The van der Waals surface area contributed by atoms with Gasteiger partial charge in [0.15, 0.2) is 6.10 Å². The van der Waals surface area contributed by atoms with Crippen LogP contribution in [-0.4, -0.2) is 12.1 Å². The van der Waals surface area contributed by atoms with Crippen LogP contribution in [0.4, 0.5) is 0 Å². The van der Waals surface area contributed by atoms with Crippen LogP contribution in [0.3, 0.4) is 0 Å². The van der Waals surface area contributed by atoms with Crippen molar-refractivity contribution in [2.75, 3.05) is 0 Å². The van der Waals surface area contributed by atoms with Gasteiger partial charge in [-0.3, -0.25) is 0 Å². The fourth-order valence-electron chi connectivity index (χ4n) is 2.19. The molecule has 0 radical (unpaired) electrons. The fourth-order valence-corrected chi connectivity index (χ4v) is 2.19. The number of unbranched alkanes of at least 4 members (excludes halogenated alkanes) is 4. The van der Waals surface area contributed by atoms with Gasteiger partial charge in [0.25, 0.3) is 0 Å². The Bertz CT molecular complexity index is 380. The minimum absolute atomic E-state index is 0.193. The molecule has 1 fully saturated rings. The van der Waals surface area contributed by atoms with Gasteiger partial charge >= 0.3 is 0 Å². The summed E-state index contributed by atoms with van der Waals surface area (Å²) in [5.41, 5.74) is 0. The molecule has 1 rings (SSSR count). The highest BCUT2D eigenvalue weighted by molar-refractivity contribution is 5.64. The maximum Gasteiger partial charge on any atom is 0.155 e. The lowest BCUT2D eigenvalue weighted by Crippen LogP contribution is -2.21. The lowest BCUT2D eigenvalue weighted by atomic mass is 10.1. The molecule has 0 aliphatic carbocycles. The van der Waals surface area contributed by atoms with E-state index in [0.29, 0.717) is 6.10 Å². The zero-order valence-electron chi connectivity index (χ0n) is 13.1. The van der Waals surface area contributed by atoms with E-state index in [9.17, 15) is 9.90 Å². The second-order valence-electron chi connectivity index (χ2n) is 5.40. The van der Waals surface area contributed by atoms with E-state index < -0.39 is 5.97 Å². The third kappa shape index (κ3) is 9.94. The second kappa shape index (κ2) is 11.2. The van der Waals surface area contributed by atoms with Crippen molar-refractivity contribution in [3.05, 3.63) is 36.1 Å². The standard InChI is InChI=1S/C18H28O3/c1-2-3-4-5-7-10-13-16-17(21-16)14-11-8-6-9-12-15-18(19)20/h3-4,7,10,13,17H,2,5-6,8-9,11-12,14-15H2,1H3,(H,19,20)/p-1/b4-3-,10-7-,16-13-. The van der Waals surface area contributed by atoms with E-state index in [2.05, 4.69) is 37.3 Å². The lowest BCUT2D eigenvalue weighted by Gasteiger charge is -2.01. The fraction of sp³-hybridized carbons (Fsp3) is 0.611. The summed E-state index contributed by atoms with van der Waals surface area (Å²) in [6.45, 7) is 2.13. The Kier molecular flexibility index (Phi) is 9.34. The first-order valence-electron chi connectivity index (χ1n) is 8.12. The Morgan fingerprint density at radius 3 is 2.67 bits per heavy atom. The molecule has 1 heterocycles. The van der Waals surface area contributed by atoms with Crippen molar-refractivity contribution in [3.63, 3.8) is 0 Å². The van der Waals surface area contributed by atoms with Gasteiger partial charge < -0.3 is 14.6 Å². The van der Waals surface area contributed by atoms with Gasteiger partial charge in [0.05, 0.1) is 0 Å². The van der Waals surface area contributed by atoms with Crippen LogP contribution >= 0.6 is 0 Å². The third-order valence-corrected chi connectivity index (χ3v) is 3.46. The largest absolute Gasteiger partial charge is 0.550 e. The smallest absolute Gasteiger partial charge is 0.155 e. The van der Waals surface area contributed by atoms with E-state index in [1.165, 1.54) is 0 Å². The van der Waals surface area contributed by atoms with Gasteiger partial charge in [0.1, 0.15) is 5.76 Å². The normalized spacial score (nSPS) is 19.5. The molecule has 1 aliphatic rings. The van der Waals surface area contributed by atoms with Crippen molar-refractivity contribution in [1.29, 1.82) is 0 Å². The molecular weight excluding hydrogens is 264 g/mol. The van der Waals surface area contributed by atoms with E-state index in [4.69, 9.17) is 4.74 Å². The molecule has 1 unspecified atom stereocenters. The number of epoxide rings is 1. The Balaban J connectivity index is 1.94. The van der Waals surface area contributed by atoms with Gasteiger partial charge in [0.2, 0.25) is 0 Å². The van der Waals surface area contributed by atoms with Gasteiger partial charge in [-0.05, 0) is 44.6 Å². The predicted octanol–water partition coefficient (Wildman–Crippen LogP) is 3.66. The number of hydrogen-bond acceptors (Lipinski definition) is 3. The minimum atomic E-state index is -0.936. The maximum absolute atomic E-state index is 10.2. The first-order chi connectivity index (χ1) is 10.2. The molecular formula is C18H27O3-. The molecule has 0 saturated carbocycles. The van der Waals surface area contributed by atoms with E-state index >= 15 is 0 Å². The van der Waals surface area contributed by atoms with Crippen LogP contribution < -0.4 is 5.11 Å². The maximum atomic E-state index is 10.2. The second-order valence-corrected chi connectivity index (χ2v) is 5.40. The minimum Gasteiger partial charge on any atom is -0.550 e. The Morgan fingerprint density at radius 2 is 1.90 bits per heavy atom. The monoisotopic (exact) mass is 291 g/mol. The van der Waals surface area contributed by atoms with Crippen LogP contribution in [0, 0.1) is 0 Å². The van der Waals surface area contributed by atoms with Crippen LogP contribution in [-0.2, 0) is 9.53 Å². The zero-order chi connectivity index (χ0) is 15.3. The topological polar surface area (TPSA) is 52.7 Å². The van der Waals surface area contributed by atoms with Crippen molar-refractivity contribution < 1.29 is 14.6 Å². The van der Waals surface area contributed by atoms with Crippen molar-refractivity contribution in [2.24, 2.45) is 0 Å². The number of aliphatic carboxylic acids is 1. The number of carbonyl (C=O) groups excluding carboxylic acids is 1. The van der Waals surface area contributed by atoms with Crippen molar-refractivity contribution >= 4 is 5.97 Å². The van der Waals surface area contributed by atoms with E-state index in [1.54, 1.807) is 0 Å². The van der Waals surface area contributed by atoms with Crippen LogP contribution in [0.25, 0.3) is 0 Å². The first-order valence-corrected chi connectivity index (χ1v) is 8.12. The summed E-state index contributed by atoms with van der Waals surface area (Å²) < 4.78 is 5.51. The summed E-state index contributed by atoms with van der Waals surface area (Å²) in [6.07, 6.45) is 19.4. The van der Waals surface area contributed by atoms with Crippen LogP contribution in [0.2, 0.25) is 0 Å². The van der Waals surface area contributed by atoms with Gasteiger partial charge in [-0.25, -0.2) is 0 Å². The summed E-state index contributed by atoms with van der Waals surface area (Å²) in [5, 5.41) is 10.2. The molecule has 0 aromatic rings. The lowest BCUT2D eigenvalue weighted by molar-refractivity contribution is -0.305. The molecule has 0 bridgehead atoms. The molecule has 1 atom stereocenters. The summed E-state index contributed by atoms with van der Waals surface area (Å²) in [7, 11) is 0. The van der Waals surface area contributed by atoms with Gasteiger partial charge in [0, 0.05) is 5.97 Å². The molecule has 21 heavy (non-hydrogen) atoms. The quantitative estimate of drug-likeness (QED) is 0.313. The zero-order valence-corrected chi connectivity index (χ0v) is 13.1. The average Bonchev–Trinajstić information content (AvgIpc) is 3.20. The first kappa shape index (κ1) is 17.5. The van der Waals surface area contributed by atoms with Crippen molar-refractivity contribution in [1.82, 2.24) is 0 Å². The number of carboxylic acid groups (broad SMARTS) is 1. The molecule has 0 aromatic carbocycles. The molecule has 0 spiro atoms. The van der Waals surface area contributed by atoms with Crippen LogP contribution in [0.15, 0.2) is 36.1 Å². The number of carboxylic acids is 1. The van der Waals surface area contributed by atoms with Crippen molar-refractivity contribution in [2.45, 2.75) is 70.8 Å². The highest BCUT2D eigenvalue weighted by atomic mass is 16.6. The van der Waals surface area contributed by atoms with E-state index in [0.717, 1.165) is 57.1 Å². The molecule has 0 aromatic heterocycles. The van der Waals surface area contributed by atoms with Gasteiger partial charge in [-0.2, -0.15) is 0 Å². The SMILES string of the molecule is CC/C=C\C/C=C\C=C1/OC1CCCCCCCC(=O)[O-]. The number of allylic oxidation sites excluding steroid dienone is 5. The Labute approximate surface area is 128 Å². The molecule has 0 amide bonds.